The first-order valence-corrected chi connectivity index (χ1v) is 9.56. The highest BCUT2D eigenvalue weighted by molar-refractivity contribution is 5.48. The molecule has 0 spiro atoms. The number of hydrogen-bond donors (Lipinski definition) is 0. The molecule has 5 rings (SSSR count). The van der Waals surface area contributed by atoms with Crippen molar-refractivity contribution in [3.8, 4) is 5.75 Å². The monoisotopic (exact) mass is 364 g/mol. The van der Waals surface area contributed by atoms with Gasteiger partial charge in [-0.05, 0) is 49.7 Å². The molecule has 2 aromatic heterocycles. The van der Waals surface area contributed by atoms with Crippen LogP contribution >= 0.6 is 0 Å². The second-order valence-corrected chi connectivity index (χ2v) is 7.54. The van der Waals surface area contributed by atoms with Crippen LogP contribution in [0.2, 0.25) is 0 Å². The van der Waals surface area contributed by atoms with Gasteiger partial charge in [0.05, 0.1) is 6.61 Å². The molecule has 140 valence electrons. The Balaban J connectivity index is 1.17. The smallest absolute Gasteiger partial charge is 0.178 e. The lowest BCUT2D eigenvalue weighted by atomic mass is 10.0. The van der Waals surface area contributed by atoms with E-state index in [0.717, 1.165) is 62.1 Å². The Morgan fingerprint density at radius 2 is 2.07 bits per heavy atom. The predicted molar refractivity (Wildman–Crippen MR) is 103 cm³/mol. The summed E-state index contributed by atoms with van der Waals surface area (Å²) in [6.45, 7) is 5.83. The molecule has 1 saturated heterocycles. The van der Waals surface area contributed by atoms with Gasteiger partial charge in [-0.1, -0.05) is 12.1 Å². The summed E-state index contributed by atoms with van der Waals surface area (Å²) in [5.74, 6) is 2.88. The fraction of sp³-hybridized carbons (Fsp3) is 0.450. The second-order valence-electron chi connectivity index (χ2n) is 7.54. The maximum Gasteiger partial charge on any atom is 0.178 e. The Hall–Kier alpha value is -2.67. The zero-order valence-corrected chi connectivity index (χ0v) is 15.8. The third-order valence-corrected chi connectivity index (χ3v) is 5.72. The largest absolute Gasteiger partial charge is 0.493 e. The van der Waals surface area contributed by atoms with E-state index >= 15 is 0 Å². The quantitative estimate of drug-likeness (QED) is 0.687. The van der Waals surface area contributed by atoms with E-state index in [9.17, 15) is 0 Å². The lowest BCUT2D eigenvalue weighted by molar-refractivity contribution is 0.206. The first-order chi connectivity index (χ1) is 13.2. The SMILES string of the molecule is Cc1nnc2ccc(N3CC(N(C)CCc4ccc5c(c4)CCO5)C3)nn12. The molecule has 7 nitrogen and oxygen atoms in total. The zero-order chi connectivity index (χ0) is 18.4. The van der Waals surface area contributed by atoms with Gasteiger partial charge in [-0.15, -0.1) is 15.3 Å². The standard InChI is InChI=1S/C20H24N6O/c1-14-21-22-19-5-6-20(23-26(14)19)25-12-17(13-25)24(2)9-7-15-3-4-18-16(11-15)8-10-27-18/h3-6,11,17H,7-10,12-13H2,1-2H3. The highest BCUT2D eigenvalue weighted by Gasteiger charge is 2.31. The average molecular weight is 364 g/mol. The zero-order valence-electron chi connectivity index (χ0n) is 15.8. The molecular formula is C20H24N6O. The van der Waals surface area contributed by atoms with Gasteiger partial charge in [0.15, 0.2) is 11.5 Å². The third-order valence-electron chi connectivity index (χ3n) is 5.72. The molecule has 0 unspecified atom stereocenters. The van der Waals surface area contributed by atoms with Crippen molar-refractivity contribution in [2.24, 2.45) is 0 Å². The molecule has 0 aliphatic carbocycles. The molecular weight excluding hydrogens is 340 g/mol. The van der Waals surface area contributed by atoms with Crippen molar-refractivity contribution < 1.29 is 4.74 Å². The van der Waals surface area contributed by atoms with Crippen molar-refractivity contribution in [1.29, 1.82) is 0 Å². The van der Waals surface area contributed by atoms with E-state index in [0.29, 0.717) is 6.04 Å². The van der Waals surface area contributed by atoms with Gasteiger partial charge in [0, 0.05) is 32.1 Å². The van der Waals surface area contributed by atoms with Crippen LogP contribution in [0.5, 0.6) is 5.75 Å². The Morgan fingerprint density at radius 1 is 1.19 bits per heavy atom. The lowest BCUT2D eigenvalue weighted by Gasteiger charge is -2.44. The molecule has 1 fully saturated rings. The fourth-order valence-corrected chi connectivity index (χ4v) is 3.86. The van der Waals surface area contributed by atoms with Gasteiger partial charge in [0.25, 0.3) is 0 Å². The number of hydrogen-bond acceptors (Lipinski definition) is 6. The van der Waals surface area contributed by atoms with Crippen molar-refractivity contribution in [3.05, 3.63) is 47.3 Å². The molecule has 0 saturated carbocycles. The molecule has 7 heteroatoms. The van der Waals surface area contributed by atoms with Gasteiger partial charge in [-0.2, -0.15) is 4.52 Å². The Bertz CT molecular complexity index is 978. The van der Waals surface area contributed by atoms with E-state index in [1.807, 2.05) is 23.6 Å². The van der Waals surface area contributed by atoms with Gasteiger partial charge < -0.3 is 9.64 Å². The summed E-state index contributed by atoms with van der Waals surface area (Å²) in [4.78, 5) is 4.77. The summed E-state index contributed by atoms with van der Waals surface area (Å²) >= 11 is 0. The van der Waals surface area contributed by atoms with Crippen molar-refractivity contribution in [1.82, 2.24) is 24.7 Å². The van der Waals surface area contributed by atoms with Crippen LogP contribution in [0.3, 0.4) is 0 Å². The van der Waals surface area contributed by atoms with Gasteiger partial charge >= 0.3 is 0 Å². The third kappa shape index (κ3) is 3.02. The van der Waals surface area contributed by atoms with Crippen LogP contribution in [0, 0.1) is 6.92 Å². The van der Waals surface area contributed by atoms with Crippen LogP contribution in [0.25, 0.3) is 5.65 Å². The minimum Gasteiger partial charge on any atom is -0.493 e. The number of aryl methyl sites for hydroxylation is 1. The van der Waals surface area contributed by atoms with Crippen LogP contribution in [0.4, 0.5) is 5.82 Å². The van der Waals surface area contributed by atoms with Crippen molar-refractivity contribution >= 4 is 11.5 Å². The normalized spacial score (nSPS) is 16.6. The summed E-state index contributed by atoms with van der Waals surface area (Å²) in [5, 5.41) is 12.8. The molecule has 1 aromatic carbocycles. The maximum absolute atomic E-state index is 5.60. The molecule has 0 amide bonds. The molecule has 0 atom stereocenters. The molecule has 27 heavy (non-hydrogen) atoms. The van der Waals surface area contributed by atoms with Crippen LogP contribution in [0.15, 0.2) is 30.3 Å². The van der Waals surface area contributed by atoms with Crippen molar-refractivity contribution in [3.63, 3.8) is 0 Å². The number of benzene rings is 1. The summed E-state index contributed by atoms with van der Waals surface area (Å²) in [6.07, 6.45) is 2.12. The topological polar surface area (TPSA) is 58.8 Å². The Morgan fingerprint density at radius 3 is 2.96 bits per heavy atom. The highest BCUT2D eigenvalue weighted by Crippen LogP contribution is 2.26. The van der Waals surface area contributed by atoms with E-state index in [-0.39, 0.29) is 0 Å². The maximum atomic E-state index is 5.60. The van der Waals surface area contributed by atoms with E-state index < -0.39 is 0 Å². The number of fused-ring (bicyclic) bond motifs is 2. The molecule has 2 aliphatic heterocycles. The van der Waals surface area contributed by atoms with Crippen LogP contribution in [-0.2, 0) is 12.8 Å². The van der Waals surface area contributed by atoms with Crippen LogP contribution in [0.1, 0.15) is 17.0 Å². The minimum absolute atomic E-state index is 0.572. The summed E-state index contributed by atoms with van der Waals surface area (Å²) in [5.41, 5.74) is 3.55. The van der Waals surface area contributed by atoms with Crippen LogP contribution < -0.4 is 9.64 Å². The van der Waals surface area contributed by atoms with Crippen molar-refractivity contribution in [2.75, 3.05) is 38.2 Å². The summed E-state index contributed by atoms with van der Waals surface area (Å²) < 4.78 is 7.40. The van der Waals surface area contributed by atoms with E-state index in [4.69, 9.17) is 4.74 Å². The average Bonchev–Trinajstić information content (AvgIpc) is 3.25. The predicted octanol–water partition coefficient (Wildman–Crippen LogP) is 1.73. The number of ether oxygens (including phenoxy) is 1. The Kier molecular flexibility index (Phi) is 3.97. The number of nitrogens with zero attached hydrogens (tertiary/aromatic N) is 6. The lowest BCUT2D eigenvalue weighted by Crippen LogP contribution is -2.59. The number of rotatable bonds is 5. The number of likely N-dealkylation sites (N-methyl/N-ethyl adjacent to an activating group) is 1. The van der Waals surface area contributed by atoms with E-state index in [1.54, 1.807) is 0 Å². The van der Waals surface area contributed by atoms with Crippen LogP contribution in [-0.4, -0.2) is 64.0 Å². The first-order valence-electron chi connectivity index (χ1n) is 9.56. The first kappa shape index (κ1) is 16.5. The minimum atomic E-state index is 0.572. The molecule has 2 aliphatic rings. The van der Waals surface area contributed by atoms with Crippen molar-refractivity contribution in [2.45, 2.75) is 25.8 Å². The van der Waals surface area contributed by atoms with E-state index in [1.165, 1.54) is 11.1 Å². The second kappa shape index (κ2) is 6.49. The van der Waals surface area contributed by atoms with Gasteiger partial charge in [-0.3, -0.25) is 4.90 Å². The molecule has 4 heterocycles. The number of anilines is 1. The molecule has 0 radical (unpaired) electrons. The molecule has 3 aromatic rings. The molecule has 0 bridgehead atoms. The van der Waals surface area contributed by atoms with Gasteiger partial charge in [-0.25, -0.2) is 0 Å². The summed E-state index contributed by atoms with van der Waals surface area (Å²) in [6, 6.07) is 11.2. The van der Waals surface area contributed by atoms with Gasteiger partial charge in [0.2, 0.25) is 0 Å². The van der Waals surface area contributed by atoms with E-state index in [2.05, 4.69) is 50.3 Å². The van der Waals surface area contributed by atoms with Gasteiger partial charge in [0.1, 0.15) is 11.6 Å². The fourth-order valence-electron chi connectivity index (χ4n) is 3.86. The summed E-state index contributed by atoms with van der Waals surface area (Å²) in [7, 11) is 2.22. The Labute approximate surface area is 158 Å². The molecule has 0 N–H and O–H groups in total. The number of aromatic nitrogens is 4. The highest BCUT2D eigenvalue weighted by atomic mass is 16.5.